The summed E-state index contributed by atoms with van der Waals surface area (Å²) >= 11 is 0. The highest BCUT2D eigenvalue weighted by Crippen LogP contribution is 2.19. The lowest BCUT2D eigenvalue weighted by atomic mass is 10.2. The maximum atomic E-state index is 12.7. The lowest BCUT2D eigenvalue weighted by Gasteiger charge is -1.91. The normalized spacial score (nSPS) is 10.8. The number of rotatable bonds is 0. The Kier molecular flexibility index (Phi) is 1.30. The first-order valence-corrected chi connectivity index (χ1v) is 3.56. The van der Waals surface area contributed by atoms with Gasteiger partial charge in [0.2, 0.25) is 0 Å². The first-order valence-electron chi connectivity index (χ1n) is 3.56. The van der Waals surface area contributed by atoms with E-state index in [0.717, 1.165) is 5.52 Å². The van der Waals surface area contributed by atoms with Gasteiger partial charge in [-0.05, 0) is 18.2 Å². The van der Waals surface area contributed by atoms with Gasteiger partial charge < -0.3 is 5.73 Å². The van der Waals surface area contributed by atoms with Crippen LogP contribution in [0.3, 0.4) is 0 Å². The molecule has 0 fully saturated rings. The van der Waals surface area contributed by atoms with Crippen LogP contribution in [0.15, 0.2) is 18.2 Å². The molecule has 0 aliphatic heterocycles. The summed E-state index contributed by atoms with van der Waals surface area (Å²) in [5.41, 5.74) is 6.36. The molecule has 1 aromatic carbocycles. The van der Waals surface area contributed by atoms with Crippen LogP contribution in [0.4, 0.5) is 10.2 Å². The van der Waals surface area contributed by atoms with Crippen LogP contribution >= 0.6 is 0 Å². The maximum Gasteiger partial charge on any atom is 0.129 e. The van der Waals surface area contributed by atoms with Crippen molar-refractivity contribution >= 4 is 16.7 Å². The summed E-state index contributed by atoms with van der Waals surface area (Å²) in [5.74, 6) is 0.201. The molecule has 0 atom stereocenters. The van der Waals surface area contributed by atoms with E-state index in [1.54, 1.807) is 13.1 Å². The molecule has 1 aromatic heterocycles. The molecule has 2 aromatic rings. The average Bonchev–Trinajstić information content (AvgIpc) is 2.31. The van der Waals surface area contributed by atoms with Gasteiger partial charge in [-0.25, -0.2) is 4.39 Å². The molecule has 0 unspecified atom stereocenters. The number of aryl methyl sites for hydroxylation is 1. The molecule has 2 rings (SSSR count). The van der Waals surface area contributed by atoms with Crippen LogP contribution in [0, 0.1) is 5.82 Å². The minimum absolute atomic E-state index is 0.290. The quantitative estimate of drug-likeness (QED) is 0.639. The first kappa shape index (κ1) is 7.09. The maximum absolute atomic E-state index is 12.7. The van der Waals surface area contributed by atoms with Crippen molar-refractivity contribution in [2.75, 3.05) is 5.73 Å². The van der Waals surface area contributed by atoms with Gasteiger partial charge in [0.05, 0.1) is 5.52 Å². The zero-order valence-corrected chi connectivity index (χ0v) is 6.58. The van der Waals surface area contributed by atoms with Crippen LogP contribution in [0.5, 0.6) is 0 Å². The Labute approximate surface area is 68.6 Å². The van der Waals surface area contributed by atoms with Crippen molar-refractivity contribution in [1.82, 2.24) is 9.78 Å². The predicted molar refractivity (Wildman–Crippen MR) is 45.1 cm³/mol. The van der Waals surface area contributed by atoms with Gasteiger partial charge in [-0.2, -0.15) is 5.10 Å². The second-order valence-corrected chi connectivity index (χ2v) is 2.67. The molecule has 62 valence electrons. The molecule has 4 heteroatoms. The lowest BCUT2D eigenvalue weighted by Crippen LogP contribution is -1.96. The van der Waals surface area contributed by atoms with E-state index in [9.17, 15) is 4.39 Å². The largest absolute Gasteiger partial charge is 0.383 e. The van der Waals surface area contributed by atoms with Gasteiger partial charge >= 0.3 is 0 Å². The summed E-state index contributed by atoms with van der Waals surface area (Å²) in [5, 5.41) is 4.74. The molecule has 0 aliphatic carbocycles. The highest BCUT2D eigenvalue weighted by Gasteiger charge is 2.05. The summed E-state index contributed by atoms with van der Waals surface area (Å²) in [6.45, 7) is 0. The zero-order valence-electron chi connectivity index (χ0n) is 6.58. The molecule has 2 N–H and O–H groups in total. The monoisotopic (exact) mass is 165 g/mol. The van der Waals surface area contributed by atoms with Gasteiger partial charge in [0, 0.05) is 12.4 Å². The topological polar surface area (TPSA) is 43.8 Å². The van der Waals surface area contributed by atoms with E-state index in [1.807, 2.05) is 0 Å². The van der Waals surface area contributed by atoms with Gasteiger partial charge in [-0.15, -0.1) is 0 Å². The van der Waals surface area contributed by atoms with Crippen LogP contribution in [0.1, 0.15) is 0 Å². The van der Waals surface area contributed by atoms with Crippen molar-refractivity contribution in [3.8, 4) is 0 Å². The molecule has 3 nitrogen and oxygen atoms in total. The third-order valence-electron chi connectivity index (χ3n) is 1.84. The zero-order chi connectivity index (χ0) is 8.72. The Bertz CT molecular complexity index is 433. The van der Waals surface area contributed by atoms with Gasteiger partial charge in [0.25, 0.3) is 0 Å². The van der Waals surface area contributed by atoms with Gasteiger partial charge in [-0.1, -0.05) is 0 Å². The highest BCUT2D eigenvalue weighted by molar-refractivity contribution is 5.88. The van der Waals surface area contributed by atoms with E-state index in [0.29, 0.717) is 11.2 Å². The number of fused-ring (bicyclic) bond motifs is 1. The molecule has 0 aliphatic rings. The summed E-state index contributed by atoms with van der Waals surface area (Å²) in [7, 11) is 1.73. The lowest BCUT2D eigenvalue weighted by molar-refractivity contribution is 0.630. The number of nitrogen functional groups attached to an aromatic ring is 1. The predicted octanol–water partition coefficient (Wildman–Crippen LogP) is 1.29. The molecular formula is C8H8FN3. The fourth-order valence-corrected chi connectivity index (χ4v) is 1.19. The van der Waals surface area contributed by atoms with Crippen LogP contribution in [0.25, 0.3) is 10.9 Å². The van der Waals surface area contributed by atoms with Crippen LogP contribution in [-0.2, 0) is 7.05 Å². The Morgan fingerprint density at radius 3 is 3.00 bits per heavy atom. The third-order valence-corrected chi connectivity index (χ3v) is 1.84. The molecule has 0 bridgehead atoms. The second kappa shape index (κ2) is 2.20. The van der Waals surface area contributed by atoms with Gasteiger partial charge in [-0.3, -0.25) is 4.68 Å². The third kappa shape index (κ3) is 0.845. The highest BCUT2D eigenvalue weighted by atomic mass is 19.1. The van der Waals surface area contributed by atoms with Gasteiger partial charge in [0.1, 0.15) is 11.6 Å². The smallest absolute Gasteiger partial charge is 0.129 e. The first-order chi connectivity index (χ1) is 5.68. The van der Waals surface area contributed by atoms with E-state index in [2.05, 4.69) is 5.10 Å². The minimum atomic E-state index is -0.290. The Balaban J connectivity index is 2.88. The number of benzene rings is 1. The minimum Gasteiger partial charge on any atom is -0.383 e. The van der Waals surface area contributed by atoms with Crippen molar-refractivity contribution in [3.05, 3.63) is 24.0 Å². The summed E-state index contributed by atoms with van der Waals surface area (Å²) < 4.78 is 14.3. The Hall–Kier alpha value is -1.58. The van der Waals surface area contributed by atoms with Crippen LogP contribution < -0.4 is 5.73 Å². The number of anilines is 1. The number of hydrogen-bond acceptors (Lipinski definition) is 2. The number of nitrogens with two attached hydrogens (primary N) is 1. The van der Waals surface area contributed by atoms with E-state index in [-0.39, 0.29) is 5.82 Å². The molecular weight excluding hydrogens is 157 g/mol. The van der Waals surface area contributed by atoms with Crippen molar-refractivity contribution < 1.29 is 4.39 Å². The number of halogens is 1. The number of nitrogens with zero attached hydrogens (tertiary/aromatic N) is 2. The molecule has 0 saturated carbocycles. The van der Waals surface area contributed by atoms with E-state index in [4.69, 9.17) is 5.73 Å². The van der Waals surface area contributed by atoms with Crippen molar-refractivity contribution in [3.63, 3.8) is 0 Å². The summed E-state index contributed by atoms with van der Waals surface area (Å²) in [4.78, 5) is 0. The number of hydrogen-bond donors (Lipinski definition) is 1. The van der Waals surface area contributed by atoms with Crippen LogP contribution in [0.2, 0.25) is 0 Å². The van der Waals surface area contributed by atoms with E-state index >= 15 is 0 Å². The standard InChI is InChI=1S/C8H8FN3/c1-12-8(10)6-4-5(9)2-3-7(6)11-12/h2-4H,10H2,1H3. The molecule has 12 heavy (non-hydrogen) atoms. The van der Waals surface area contributed by atoms with Crippen molar-refractivity contribution in [1.29, 1.82) is 0 Å². The SMILES string of the molecule is Cn1nc2ccc(F)cc2c1N. The van der Waals surface area contributed by atoms with Crippen LogP contribution in [-0.4, -0.2) is 9.78 Å². The van der Waals surface area contributed by atoms with Gasteiger partial charge in [0.15, 0.2) is 0 Å². The summed E-state index contributed by atoms with van der Waals surface area (Å²) in [6, 6.07) is 4.37. The summed E-state index contributed by atoms with van der Waals surface area (Å²) in [6.07, 6.45) is 0. The number of aromatic nitrogens is 2. The fourth-order valence-electron chi connectivity index (χ4n) is 1.19. The molecule has 0 spiro atoms. The second-order valence-electron chi connectivity index (χ2n) is 2.67. The van der Waals surface area contributed by atoms with E-state index < -0.39 is 0 Å². The average molecular weight is 165 g/mol. The fraction of sp³-hybridized carbons (Fsp3) is 0.125. The molecule has 0 amide bonds. The van der Waals surface area contributed by atoms with Crippen molar-refractivity contribution in [2.45, 2.75) is 0 Å². The molecule has 0 radical (unpaired) electrons. The van der Waals surface area contributed by atoms with E-state index in [1.165, 1.54) is 16.8 Å². The Morgan fingerprint density at radius 1 is 1.50 bits per heavy atom. The molecule has 0 saturated heterocycles. The van der Waals surface area contributed by atoms with Crippen molar-refractivity contribution in [2.24, 2.45) is 7.05 Å². The Morgan fingerprint density at radius 2 is 2.25 bits per heavy atom. The molecule has 1 heterocycles.